The Morgan fingerprint density at radius 3 is 2.17 bits per heavy atom. The van der Waals surface area contributed by atoms with E-state index in [1.807, 2.05) is 0 Å². The van der Waals surface area contributed by atoms with Crippen molar-refractivity contribution in [2.75, 3.05) is 6.61 Å². The fourth-order valence-electron chi connectivity index (χ4n) is 1.19. The Kier molecular flexibility index (Phi) is 6.39. The number of unbranched alkanes of at least 4 members (excludes halogenated alkanes) is 4. The molecule has 0 aliphatic heterocycles. The van der Waals surface area contributed by atoms with Crippen LogP contribution in [-0.4, -0.2) is 22.4 Å². The van der Waals surface area contributed by atoms with Crippen LogP contribution < -0.4 is 0 Å². The van der Waals surface area contributed by atoms with E-state index < -0.39 is 5.60 Å². The van der Waals surface area contributed by atoms with Crippen LogP contribution in [0.5, 0.6) is 0 Å². The molecule has 0 fully saturated rings. The second kappa shape index (κ2) is 6.44. The molecule has 0 unspecified atom stereocenters. The SMILES string of the molecule is CCCCCCC[C@](C)(O)CO. The van der Waals surface area contributed by atoms with E-state index in [1.165, 1.54) is 25.7 Å². The van der Waals surface area contributed by atoms with E-state index in [0.29, 0.717) is 6.42 Å². The first-order chi connectivity index (χ1) is 5.62. The molecule has 0 aliphatic rings. The van der Waals surface area contributed by atoms with Gasteiger partial charge in [0.25, 0.3) is 0 Å². The maximum atomic E-state index is 9.43. The second-order valence-electron chi connectivity index (χ2n) is 3.82. The molecule has 0 aliphatic carbocycles. The molecule has 0 aromatic rings. The van der Waals surface area contributed by atoms with Gasteiger partial charge in [-0.15, -0.1) is 0 Å². The summed E-state index contributed by atoms with van der Waals surface area (Å²) < 4.78 is 0. The summed E-state index contributed by atoms with van der Waals surface area (Å²) in [6, 6.07) is 0. The number of aliphatic hydroxyl groups excluding tert-OH is 1. The summed E-state index contributed by atoms with van der Waals surface area (Å²) in [5.74, 6) is 0. The van der Waals surface area contributed by atoms with Gasteiger partial charge in [-0.05, 0) is 13.3 Å². The summed E-state index contributed by atoms with van der Waals surface area (Å²) in [6.07, 6.45) is 6.68. The van der Waals surface area contributed by atoms with Crippen LogP contribution in [-0.2, 0) is 0 Å². The van der Waals surface area contributed by atoms with Crippen LogP contribution in [0.3, 0.4) is 0 Å². The minimum absolute atomic E-state index is 0.124. The fraction of sp³-hybridized carbons (Fsp3) is 1.00. The summed E-state index contributed by atoms with van der Waals surface area (Å²) >= 11 is 0. The summed E-state index contributed by atoms with van der Waals surface area (Å²) in [7, 11) is 0. The molecule has 0 aromatic carbocycles. The first-order valence-electron chi connectivity index (χ1n) is 4.95. The van der Waals surface area contributed by atoms with Gasteiger partial charge in [-0.3, -0.25) is 0 Å². The molecule has 2 N–H and O–H groups in total. The van der Waals surface area contributed by atoms with Gasteiger partial charge in [-0.2, -0.15) is 0 Å². The lowest BCUT2D eigenvalue weighted by molar-refractivity contribution is -0.00694. The predicted molar refractivity (Wildman–Crippen MR) is 51.1 cm³/mol. The highest BCUT2D eigenvalue weighted by atomic mass is 16.3. The third-order valence-corrected chi connectivity index (χ3v) is 2.16. The maximum absolute atomic E-state index is 9.43. The molecule has 0 saturated heterocycles. The topological polar surface area (TPSA) is 40.5 Å². The Bertz CT molecular complexity index is 100. The molecule has 0 spiro atoms. The van der Waals surface area contributed by atoms with Crippen LogP contribution in [0.4, 0.5) is 0 Å². The number of hydrogen-bond acceptors (Lipinski definition) is 2. The van der Waals surface area contributed by atoms with E-state index in [4.69, 9.17) is 5.11 Å². The van der Waals surface area contributed by atoms with Gasteiger partial charge in [0.15, 0.2) is 0 Å². The zero-order chi connectivity index (χ0) is 9.45. The third kappa shape index (κ3) is 6.62. The molecule has 0 saturated carbocycles. The number of rotatable bonds is 7. The Hall–Kier alpha value is -0.0800. The Morgan fingerprint density at radius 2 is 1.67 bits per heavy atom. The third-order valence-electron chi connectivity index (χ3n) is 2.16. The standard InChI is InChI=1S/C10H22O2/c1-3-4-5-6-7-8-10(2,12)9-11/h11-12H,3-9H2,1-2H3/t10-/m0/s1. The minimum atomic E-state index is -0.855. The number of aliphatic hydroxyl groups is 2. The first kappa shape index (κ1) is 11.9. The van der Waals surface area contributed by atoms with E-state index in [9.17, 15) is 5.11 Å². The molecule has 0 aromatic heterocycles. The van der Waals surface area contributed by atoms with Gasteiger partial charge in [0, 0.05) is 0 Å². The second-order valence-corrected chi connectivity index (χ2v) is 3.82. The van der Waals surface area contributed by atoms with Crippen molar-refractivity contribution in [3.05, 3.63) is 0 Å². The molecule has 12 heavy (non-hydrogen) atoms. The average Bonchev–Trinajstić information content (AvgIpc) is 2.04. The van der Waals surface area contributed by atoms with Crippen molar-refractivity contribution in [3.63, 3.8) is 0 Å². The molecule has 0 rings (SSSR count). The largest absolute Gasteiger partial charge is 0.393 e. The van der Waals surface area contributed by atoms with Gasteiger partial charge in [0.1, 0.15) is 0 Å². The van der Waals surface area contributed by atoms with Gasteiger partial charge >= 0.3 is 0 Å². The van der Waals surface area contributed by atoms with Crippen molar-refractivity contribution in [2.45, 2.75) is 58.0 Å². The molecular formula is C10H22O2. The lowest BCUT2D eigenvalue weighted by Crippen LogP contribution is -2.28. The lowest BCUT2D eigenvalue weighted by atomic mass is 9.99. The van der Waals surface area contributed by atoms with Crippen molar-refractivity contribution in [1.29, 1.82) is 0 Å². The normalized spacial score (nSPS) is 16.0. The molecule has 0 radical (unpaired) electrons. The molecule has 0 bridgehead atoms. The van der Waals surface area contributed by atoms with E-state index in [1.54, 1.807) is 6.92 Å². The van der Waals surface area contributed by atoms with E-state index in [2.05, 4.69) is 6.92 Å². The summed E-state index contributed by atoms with van der Waals surface area (Å²) in [4.78, 5) is 0. The van der Waals surface area contributed by atoms with Crippen LogP contribution in [0.2, 0.25) is 0 Å². The summed E-state index contributed by atoms with van der Waals surface area (Å²) in [5, 5.41) is 18.2. The van der Waals surface area contributed by atoms with Gasteiger partial charge in [0.2, 0.25) is 0 Å². The average molecular weight is 174 g/mol. The monoisotopic (exact) mass is 174 g/mol. The van der Waals surface area contributed by atoms with Crippen LogP contribution in [0.1, 0.15) is 52.4 Å². The molecule has 1 atom stereocenters. The van der Waals surface area contributed by atoms with E-state index >= 15 is 0 Å². The van der Waals surface area contributed by atoms with Crippen LogP contribution in [0, 0.1) is 0 Å². The van der Waals surface area contributed by atoms with Crippen molar-refractivity contribution in [2.24, 2.45) is 0 Å². The highest BCUT2D eigenvalue weighted by Crippen LogP contribution is 2.14. The van der Waals surface area contributed by atoms with Gasteiger partial charge in [-0.25, -0.2) is 0 Å². The maximum Gasteiger partial charge on any atom is 0.0849 e. The zero-order valence-electron chi connectivity index (χ0n) is 8.34. The Labute approximate surface area is 75.6 Å². The van der Waals surface area contributed by atoms with E-state index in [0.717, 1.165) is 6.42 Å². The van der Waals surface area contributed by atoms with Crippen molar-refractivity contribution >= 4 is 0 Å². The Balaban J connectivity index is 3.19. The van der Waals surface area contributed by atoms with Crippen LogP contribution in [0.25, 0.3) is 0 Å². The van der Waals surface area contributed by atoms with Crippen molar-refractivity contribution < 1.29 is 10.2 Å². The highest BCUT2D eigenvalue weighted by Gasteiger charge is 2.17. The Morgan fingerprint density at radius 1 is 1.08 bits per heavy atom. The molecule has 2 nitrogen and oxygen atoms in total. The van der Waals surface area contributed by atoms with Crippen molar-refractivity contribution in [3.8, 4) is 0 Å². The molecule has 2 heteroatoms. The van der Waals surface area contributed by atoms with E-state index in [-0.39, 0.29) is 6.61 Å². The lowest BCUT2D eigenvalue weighted by Gasteiger charge is -2.19. The van der Waals surface area contributed by atoms with Crippen molar-refractivity contribution in [1.82, 2.24) is 0 Å². The quantitative estimate of drug-likeness (QED) is 0.580. The number of hydrogen-bond donors (Lipinski definition) is 2. The fourth-order valence-corrected chi connectivity index (χ4v) is 1.19. The van der Waals surface area contributed by atoms with Gasteiger partial charge < -0.3 is 10.2 Å². The highest BCUT2D eigenvalue weighted by molar-refractivity contribution is 4.70. The molecule has 0 amide bonds. The minimum Gasteiger partial charge on any atom is -0.393 e. The summed E-state index contributed by atoms with van der Waals surface area (Å²) in [5.41, 5.74) is -0.855. The molecule has 0 heterocycles. The van der Waals surface area contributed by atoms with Crippen LogP contribution >= 0.6 is 0 Å². The predicted octanol–water partition coefficient (Wildman–Crippen LogP) is 2.09. The van der Waals surface area contributed by atoms with Gasteiger partial charge in [-0.1, -0.05) is 39.0 Å². The van der Waals surface area contributed by atoms with Gasteiger partial charge in [0.05, 0.1) is 12.2 Å². The zero-order valence-corrected chi connectivity index (χ0v) is 8.34. The molecular weight excluding hydrogens is 152 g/mol. The first-order valence-corrected chi connectivity index (χ1v) is 4.95. The van der Waals surface area contributed by atoms with Crippen LogP contribution in [0.15, 0.2) is 0 Å². The molecule has 74 valence electrons. The summed E-state index contributed by atoms with van der Waals surface area (Å²) in [6.45, 7) is 3.75. The smallest absolute Gasteiger partial charge is 0.0849 e.